The lowest BCUT2D eigenvalue weighted by Gasteiger charge is -2.19. The third kappa shape index (κ3) is 3.70. The number of anilines is 1. The van der Waals surface area contributed by atoms with Crippen LogP contribution >= 0.6 is 11.6 Å². The Morgan fingerprint density at radius 2 is 2.32 bits per heavy atom. The number of nitrogens with one attached hydrogen (secondary N) is 1. The van der Waals surface area contributed by atoms with E-state index in [1.807, 2.05) is 0 Å². The van der Waals surface area contributed by atoms with Crippen LogP contribution in [-0.2, 0) is 0 Å². The predicted molar refractivity (Wildman–Crippen MR) is 74.5 cm³/mol. The zero-order valence-corrected chi connectivity index (χ0v) is 11.5. The van der Waals surface area contributed by atoms with Crippen LogP contribution in [0.4, 0.5) is 5.69 Å². The number of carbonyl (C=O) groups is 1. The highest BCUT2D eigenvalue weighted by molar-refractivity contribution is 6.33. The largest absolute Gasteiger partial charge is 0.545 e. The van der Waals surface area contributed by atoms with E-state index in [9.17, 15) is 9.90 Å². The first-order chi connectivity index (χ1) is 9.06. The van der Waals surface area contributed by atoms with Crippen molar-refractivity contribution in [1.29, 1.82) is 0 Å². The van der Waals surface area contributed by atoms with Crippen molar-refractivity contribution in [2.75, 3.05) is 5.43 Å². The molecule has 1 aliphatic carbocycles. The molecule has 19 heavy (non-hydrogen) atoms. The fourth-order valence-electron chi connectivity index (χ4n) is 2.26. The van der Waals surface area contributed by atoms with Crippen molar-refractivity contribution in [1.82, 2.24) is 0 Å². The molecule has 1 saturated carbocycles. The van der Waals surface area contributed by atoms with Gasteiger partial charge in [0.25, 0.3) is 0 Å². The van der Waals surface area contributed by atoms with Crippen LogP contribution in [-0.4, -0.2) is 11.7 Å². The number of aromatic carboxylic acids is 1. The molecule has 1 N–H and O–H groups in total. The van der Waals surface area contributed by atoms with Crippen LogP contribution in [0.2, 0.25) is 5.02 Å². The average Bonchev–Trinajstić information content (AvgIpc) is 2.37. The van der Waals surface area contributed by atoms with Gasteiger partial charge in [-0.1, -0.05) is 18.5 Å². The summed E-state index contributed by atoms with van der Waals surface area (Å²) in [4.78, 5) is 10.9. The molecule has 0 unspecified atom stereocenters. The number of carbonyl (C=O) groups excluding carboxylic acids is 1. The van der Waals surface area contributed by atoms with Crippen molar-refractivity contribution >= 4 is 29.0 Å². The first kappa shape index (κ1) is 13.9. The minimum atomic E-state index is -1.28. The second-order valence-corrected chi connectivity index (χ2v) is 5.38. The molecule has 0 aliphatic heterocycles. The topological polar surface area (TPSA) is 64.5 Å². The van der Waals surface area contributed by atoms with Gasteiger partial charge in [0.15, 0.2) is 0 Å². The number of rotatable bonds is 3. The van der Waals surface area contributed by atoms with E-state index in [1.54, 1.807) is 6.07 Å². The molecule has 1 aromatic rings. The van der Waals surface area contributed by atoms with E-state index < -0.39 is 5.97 Å². The first-order valence-corrected chi connectivity index (χ1v) is 6.76. The zero-order chi connectivity index (χ0) is 13.8. The minimum absolute atomic E-state index is 0.0242. The number of nitrogens with zero attached hydrogens (tertiary/aromatic N) is 1. The summed E-state index contributed by atoms with van der Waals surface area (Å²) in [5.74, 6) is -0.620. The molecule has 0 saturated heterocycles. The van der Waals surface area contributed by atoms with Crippen LogP contribution in [0.1, 0.15) is 43.0 Å². The Morgan fingerprint density at radius 1 is 1.53 bits per heavy atom. The van der Waals surface area contributed by atoms with E-state index in [2.05, 4.69) is 17.5 Å². The molecule has 1 atom stereocenters. The minimum Gasteiger partial charge on any atom is -0.545 e. The van der Waals surface area contributed by atoms with Crippen molar-refractivity contribution < 1.29 is 9.90 Å². The van der Waals surface area contributed by atoms with Gasteiger partial charge in [-0.05, 0) is 49.8 Å². The number of hydrogen-bond donors (Lipinski definition) is 1. The van der Waals surface area contributed by atoms with Gasteiger partial charge in [-0.2, -0.15) is 5.10 Å². The summed E-state index contributed by atoms with van der Waals surface area (Å²) in [6.07, 6.45) is 4.40. The Labute approximate surface area is 117 Å². The second kappa shape index (κ2) is 6.06. The molecule has 5 heteroatoms. The number of carboxylic acid groups (broad SMARTS) is 1. The van der Waals surface area contributed by atoms with Crippen molar-refractivity contribution in [2.45, 2.75) is 32.6 Å². The molecular formula is C14H16ClN2O2-. The number of benzene rings is 1. The Balaban J connectivity index is 2.09. The summed E-state index contributed by atoms with van der Waals surface area (Å²) in [6.45, 7) is 2.21. The van der Waals surface area contributed by atoms with Crippen LogP contribution in [0, 0.1) is 5.92 Å². The predicted octanol–water partition coefficient (Wildman–Crippen LogP) is 2.68. The van der Waals surface area contributed by atoms with E-state index in [0.29, 0.717) is 11.6 Å². The third-order valence-electron chi connectivity index (χ3n) is 3.28. The van der Waals surface area contributed by atoms with Gasteiger partial charge in [-0.15, -0.1) is 0 Å². The quantitative estimate of drug-likeness (QED) is 0.865. The second-order valence-electron chi connectivity index (χ2n) is 4.97. The van der Waals surface area contributed by atoms with E-state index in [4.69, 9.17) is 11.6 Å². The smallest absolute Gasteiger partial charge is 0.0731 e. The molecule has 1 aromatic carbocycles. The normalized spacial score (nSPS) is 21.4. The van der Waals surface area contributed by atoms with Gasteiger partial charge >= 0.3 is 0 Å². The fraction of sp³-hybridized carbons (Fsp3) is 0.429. The standard InChI is InChI=1S/C14H17ClN2O2/c1-9-3-2-4-10(7-9)16-17-11-5-6-13(15)12(8-11)14(18)19/h5-6,8-9,17H,2-4,7H2,1H3,(H,18,19)/p-1/b16-10-/t9-/m0/s1. The van der Waals surface area contributed by atoms with E-state index >= 15 is 0 Å². The number of halogens is 1. The molecule has 102 valence electrons. The summed E-state index contributed by atoms with van der Waals surface area (Å²) in [6, 6.07) is 4.66. The van der Waals surface area contributed by atoms with Crippen molar-refractivity contribution in [3.05, 3.63) is 28.8 Å². The Bertz CT molecular complexity index is 514. The van der Waals surface area contributed by atoms with Crippen LogP contribution in [0.25, 0.3) is 0 Å². The fourth-order valence-corrected chi connectivity index (χ4v) is 2.45. The van der Waals surface area contributed by atoms with Crippen LogP contribution in [0.15, 0.2) is 23.3 Å². The average molecular weight is 280 g/mol. The summed E-state index contributed by atoms with van der Waals surface area (Å²) < 4.78 is 0. The highest BCUT2D eigenvalue weighted by Gasteiger charge is 2.13. The Morgan fingerprint density at radius 3 is 3.00 bits per heavy atom. The van der Waals surface area contributed by atoms with Crippen LogP contribution in [0.3, 0.4) is 0 Å². The highest BCUT2D eigenvalue weighted by Crippen LogP contribution is 2.23. The molecule has 2 rings (SSSR count). The van der Waals surface area contributed by atoms with Gasteiger partial charge in [0.2, 0.25) is 0 Å². The van der Waals surface area contributed by atoms with Crippen molar-refractivity contribution in [3.63, 3.8) is 0 Å². The number of hydrogen-bond acceptors (Lipinski definition) is 4. The van der Waals surface area contributed by atoms with Gasteiger partial charge in [-0.3, -0.25) is 5.43 Å². The summed E-state index contributed by atoms with van der Waals surface area (Å²) >= 11 is 5.77. The maximum absolute atomic E-state index is 10.9. The molecule has 0 heterocycles. The lowest BCUT2D eigenvalue weighted by Crippen LogP contribution is -2.22. The van der Waals surface area contributed by atoms with Gasteiger partial charge in [0.1, 0.15) is 0 Å². The molecule has 0 amide bonds. The van der Waals surface area contributed by atoms with Crippen LogP contribution in [0.5, 0.6) is 0 Å². The van der Waals surface area contributed by atoms with E-state index in [1.165, 1.54) is 18.6 Å². The zero-order valence-electron chi connectivity index (χ0n) is 10.8. The molecule has 0 aromatic heterocycles. The molecule has 0 bridgehead atoms. The van der Waals surface area contributed by atoms with Gasteiger partial charge in [-0.25, -0.2) is 0 Å². The maximum atomic E-state index is 10.9. The molecule has 4 nitrogen and oxygen atoms in total. The molecule has 1 fully saturated rings. The van der Waals surface area contributed by atoms with Gasteiger partial charge in [0.05, 0.1) is 11.7 Å². The lowest BCUT2D eigenvalue weighted by atomic mass is 9.89. The molecule has 0 radical (unpaired) electrons. The van der Waals surface area contributed by atoms with E-state index in [0.717, 1.165) is 25.0 Å². The lowest BCUT2D eigenvalue weighted by molar-refractivity contribution is -0.255. The SMILES string of the molecule is C[C@H]1CCC/C(=N/Nc2ccc(Cl)c(C(=O)[O-])c2)C1. The van der Waals surface area contributed by atoms with Gasteiger partial charge in [0, 0.05) is 16.3 Å². The summed E-state index contributed by atoms with van der Waals surface area (Å²) in [5.41, 5.74) is 4.61. The monoisotopic (exact) mass is 279 g/mol. The Hall–Kier alpha value is -1.55. The number of carboxylic acids is 1. The molecule has 1 aliphatic rings. The van der Waals surface area contributed by atoms with E-state index in [-0.39, 0.29) is 10.6 Å². The first-order valence-electron chi connectivity index (χ1n) is 6.38. The Kier molecular flexibility index (Phi) is 4.43. The summed E-state index contributed by atoms with van der Waals surface area (Å²) in [5, 5.41) is 15.4. The van der Waals surface area contributed by atoms with Crippen molar-refractivity contribution in [3.8, 4) is 0 Å². The summed E-state index contributed by atoms with van der Waals surface area (Å²) in [7, 11) is 0. The maximum Gasteiger partial charge on any atom is 0.0731 e. The molecule has 0 spiro atoms. The van der Waals surface area contributed by atoms with Crippen molar-refractivity contribution in [2.24, 2.45) is 11.0 Å². The highest BCUT2D eigenvalue weighted by atomic mass is 35.5. The third-order valence-corrected chi connectivity index (χ3v) is 3.61. The van der Waals surface area contributed by atoms with Crippen LogP contribution < -0.4 is 10.5 Å². The van der Waals surface area contributed by atoms with Gasteiger partial charge < -0.3 is 9.90 Å². The molecular weight excluding hydrogens is 264 g/mol. The number of hydrazone groups is 1.